The minimum atomic E-state index is -0.261. The summed E-state index contributed by atoms with van der Waals surface area (Å²) in [6, 6.07) is 10.7. The highest BCUT2D eigenvalue weighted by atomic mass is 35.5. The lowest BCUT2D eigenvalue weighted by molar-refractivity contribution is 0.0955. The topological polar surface area (TPSA) is 53.9 Å². The van der Waals surface area contributed by atoms with E-state index in [0.29, 0.717) is 10.6 Å². The zero-order chi connectivity index (χ0) is 16.1. The normalized spacial score (nSPS) is 15.1. The molecule has 5 nitrogen and oxygen atoms in total. The van der Waals surface area contributed by atoms with E-state index in [1.807, 2.05) is 6.07 Å². The lowest BCUT2D eigenvalue weighted by atomic mass is 10.2. The van der Waals surface area contributed by atoms with Gasteiger partial charge in [0, 0.05) is 28.6 Å². The molecule has 1 N–H and O–H groups in total. The predicted molar refractivity (Wildman–Crippen MR) is 93.9 cm³/mol. The molecule has 0 aliphatic carbocycles. The third-order valence-electron chi connectivity index (χ3n) is 3.40. The molecule has 0 spiro atoms. The van der Waals surface area contributed by atoms with Gasteiger partial charge in [-0.3, -0.25) is 4.79 Å². The highest BCUT2D eigenvalue weighted by molar-refractivity contribution is 7.17. The Morgan fingerprint density at radius 1 is 1.22 bits per heavy atom. The van der Waals surface area contributed by atoms with E-state index >= 15 is 0 Å². The number of hydrogen-bond acceptors (Lipinski definition) is 5. The van der Waals surface area contributed by atoms with Gasteiger partial charge in [0.25, 0.3) is 5.91 Å². The van der Waals surface area contributed by atoms with E-state index in [9.17, 15) is 4.79 Å². The number of halogens is 1. The Morgan fingerprint density at radius 2 is 1.96 bits per heavy atom. The van der Waals surface area contributed by atoms with E-state index in [1.54, 1.807) is 41.8 Å². The molecule has 2 heterocycles. The van der Waals surface area contributed by atoms with Crippen molar-refractivity contribution in [1.82, 2.24) is 5.43 Å². The van der Waals surface area contributed by atoms with E-state index in [0.717, 1.165) is 31.2 Å². The lowest BCUT2D eigenvalue weighted by Gasteiger charge is -2.27. The molecule has 2 aromatic rings. The fourth-order valence-corrected chi connectivity index (χ4v) is 3.24. The number of morpholine rings is 1. The van der Waals surface area contributed by atoms with Gasteiger partial charge in [0.05, 0.1) is 24.4 Å². The molecule has 1 saturated heterocycles. The van der Waals surface area contributed by atoms with Crippen molar-refractivity contribution in [3.8, 4) is 0 Å². The fraction of sp³-hybridized carbons (Fsp3) is 0.250. The molecule has 120 valence electrons. The Morgan fingerprint density at radius 3 is 2.70 bits per heavy atom. The molecule has 7 heteroatoms. The van der Waals surface area contributed by atoms with Gasteiger partial charge in [0.1, 0.15) is 0 Å². The van der Waals surface area contributed by atoms with Crippen LogP contribution < -0.4 is 10.3 Å². The summed E-state index contributed by atoms with van der Waals surface area (Å²) in [7, 11) is 0. The lowest BCUT2D eigenvalue weighted by Crippen LogP contribution is -2.35. The van der Waals surface area contributed by atoms with Crippen LogP contribution in [0, 0.1) is 0 Å². The summed E-state index contributed by atoms with van der Waals surface area (Å²) in [6.45, 7) is 3.34. The number of hydrogen-bond donors (Lipinski definition) is 1. The van der Waals surface area contributed by atoms with Gasteiger partial charge < -0.3 is 9.64 Å². The Bertz CT molecular complexity index is 694. The maximum atomic E-state index is 11.9. The minimum Gasteiger partial charge on any atom is -0.378 e. The van der Waals surface area contributed by atoms with Crippen LogP contribution in [0.15, 0.2) is 41.5 Å². The van der Waals surface area contributed by atoms with Crippen LogP contribution in [-0.2, 0) is 4.74 Å². The van der Waals surface area contributed by atoms with Gasteiger partial charge in [0.15, 0.2) is 0 Å². The molecule has 1 fully saturated rings. The first-order valence-corrected chi connectivity index (χ1v) is 8.43. The van der Waals surface area contributed by atoms with Crippen molar-refractivity contribution < 1.29 is 9.53 Å². The number of benzene rings is 1. The van der Waals surface area contributed by atoms with Gasteiger partial charge in [-0.1, -0.05) is 11.6 Å². The quantitative estimate of drug-likeness (QED) is 0.682. The summed E-state index contributed by atoms with van der Waals surface area (Å²) in [6.07, 6.45) is 1.66. The van der Waals surface area contributed by atoms with Crippen molar-refractivity contribution in [1.29, 1.82) is 0 Å². The smallest absolute Gasteiger partial charge is 0.271 e. The molecule has 0 atom stereocenters. The Balaban J connectivity index is 1.56. The van der Waals surface area contributed by atoms with Crippen LogP contribution in [0.5, 0.6) is 0 Å². The maximum Gasteiger partial charge on any atom is 0.271 e. The van der Waals surface area contributed by atoms with Crippen LogP contribution in [0.1, 0.15) is 15.2 Å². The summed E-state index contributed by atoms with van der Waals surface area (Å²) in [4.78, 5) is 15.2. The molecule has 1 aromatic heterocycles. The Hall–Kier alpha value is -1.89. The summed E-state index contributed by atoms with van der Waals surface area (Å²) in [5.41, 5.74) is 3.04. The Labute approximate surface area is 143 Å². The molecule has 0 bridgehead atoms. The first kappa shape index (κ1) is 16.0. The monoisotopic (exact) mass is 349 g/mol. The summed E-state index contributed by atoms with van der Waals surface area (Å²) < 4.78 is 5.35. The third-order valence-corrected chi connectivity index (χ3v) is 4.73. The summed E-state index contributed by atoms with van der Waals surface area (Å²) in [5, 5.41) is 5.80. The highest BCUT2D eigenvalue weighted by Crippen LogP contribution is 2.25. The number of carbonyl (C=O) groups excluding carboxylic acids is 1. The number of anilines is 1. The molecular formula is C16H16ClN3O2S. The van der Waals surface area contributed by atoms with Crippen LogP contribution in [0.2, 0.25) is 5.02 Å². The van der Waals surface area contributed by atoms with Crippen molar-refractivity contribution in [2.45, 2.75) is 0 Å². The van der Waals surface area contributed by atoms with E-state index < -0.39 is 0 Å². The van der Waals surface area contributed by atoms with Gasteiger partial charge in [-0.25, -0.2) is 5.43 Å². The van der Waals surface area contributed by atoms with Crippen molar-refractivity contribution in [2.75, 3.05) is 31.2 Å². The second-order valence-electron chi connectivity index (χ2n) is 4.98. The first-order chi connectivity index (χ1) is 11.2. The second-order valence-corrected chi connectivity index (χ2v) is 6.51. The maximum absolute atomic E-state index is 11.9. The molecule has 1 aliphatic rings. The minimum absolute atomic E-state index is 0.261. The molecule has 23 heavy (non-hydrogen) atoms. The number of thiophene rings is 1. The number of carbonyl (C=O) groups is 1. The largest absolute Gasteiger partial charge is 0.378 e. The second kappa shape index (κ2) is 7.59. The van der Waals surface area contributed by atoms with Gasteiger partial charge in [-0.05, 0) is 36.4 Å². The van der Waals surface area contributed by atoms with E-state index in [1.165, 1.54) is 5.00 Å². The Kier molecular flexibility index (Phi) is 5.27. The van der Waals surface area contributed by atoms with Crippen LogP contribution in [0.3, 0.4) is 0 Å². The van der Waals surface area contributed by atoms with Gasteiger partial charge >= 0.3 is 0 Å². The third kappa shape index (κ3) is 4.31. The standard InChI is InChI=1S/C16H16ClN3O2S/c17-13-3-1-12(2-4-13)16(21)19-18-11-14-5-6-15(23-14)20-7-9-22-10-8-20/h1-6,11H,7-10H2,(H,19,21)/b18-11-. The van der Waals surface area contributed by atoms with E-state index in [4.69, 9.17) is 16.3 Å². The summed E-state index contributed by atoms with van der Waals surface area (Å²) in [5.74, 6) is -0.261. The number of hydrazone groups is 1. The molecule has 3 rings (SSSR count). The average molecular weight is 350 g/mol. The SMILES string of the molecule is O=C(N/N=C\c1ccc(N2CCOCC2)s1)c1ccc(Cl)cc1. The van der Waals surface area contributed by atoms with Crippen molar-refractivity contribution in [3.05, 3.63) is 51.9 Å². The average Bonchev–Trinajstić information content (AvgIpc) is 3.05. The number of ether oxygens (including phenoxy) is 1. The number of nitrogens with one attached hydrogen (secondary N) is 1. The van der Waals surface area contributed by atoms with Crippen LogP contribution in [-0.4, -0.2) is 38.4 Å². The molecule has 0 saturated carbocycles. The van der Waals surface area contributed by atoms with Crippen molar-refractivity contribution in [3.63, 3.8) is 0 Å². The van der Waals surface area contributed by atoms with Gasteiger partial charge in [0.2, 0.25) is 0 Å². The first-order valence-electron chi connectivity index (χ1n) is 7.24. The van der Waals surface area contributed by atoms with Gasteiger partial charge in [-0.2, -0.15) is 5.10 Å². The van der Waals surface area contributed by atoms with Crippen molar-refractivity contribution in [2.24, 2.45) is 5.10 Å². The van der Waals surface area contributed by atoms with E-state index in [-0.39, 0.29) is 5.91 Å². The predicted octanol–water partition coefficient (Wildman–Crippen LogP) is 3.00. The van der Waals surface area contributed by atoms with E-state index in [2.05, 4.69) is 21.5 Å². The fourth-order valence-electron chi connectivity index (χ4n) is 2.19. The number of rotatable bonds is 4. The van der Waals surface area contributed by atoms with Crippen molar-refractivity contribution >= 4 is 40.1 Å². The number of nitrogens with zero attached hydrogens (tertiary/aromatic N) is 2. The molecule has 0 radical (unpaired) electrons. The zero-order valence-corrected chi connectivity index (χ0v) is 13.9. The summed E-state index contributed by atoms with van der Waals surface area (Å²) >= 11 is 7.44. The molecule has 0 unspecified atom stereocenters. The highest BCUT2D eigenvalue weighted by Gasteiger charge is 2.12. The molecule has 1 aromatic carbocycles. The van der Waals surface area contributed by atoms with Crippen LogP contribution in [0.4, 0.5) is 5.00 Å². The molecule has 1 aliphatic heterocycles. The zero-order valence-electron chi connectivity index (χ0n) is 12.4. The molecular weight excluding hydrogens is 334 g/mol. The molecule has 1 amide bonds. The van der Waals surface area contributed by atoms with Crippen LogP contribution >= 0.6 is 22.9 Å². The van der Waals surface area contributed by atoms with Crippen LogP contribution in [0.25, 0.3) is 0 Å². The van der Waals surface area contributed by atoms with Gasteiger partial charge in [-0.15, -0.1) is 11.3 Å². The number of amides is 1.